The van der Waals surface area contributed by atoms with Crippen LogP contribution in [0.25, 0.3) is 11.0 Å². The Balaban J connectivity index is 1.89. The van der Waals surface area contributed by atoms with Gasteiger partial charge in [0.1, 0.15) is 11.5 Å². The van der Waals surface area contributed by atoms with Crippen LogP contribution in [0.1, 0.15) is 5.69 Å². The van der Waals surface area contributed by atoms with Crippen molar-refractivity contribution in [2.45, 2.75) is 22.4 Å². The summed E-state index contributed by atoms with van der Waals surface area (Å²) < 4.78 is 87.6. The van der Waals surface area contributed by atoms with E-state index in [0.29, 0.717) is 11.5 Å². The molecule has 0 saturated heterocycles. The number of halogens is 2. The second-order valence-corrected chi connectivity index (χ2v) is 10.5. The van der Waals surface area contributed by atoms with Gasteiger partial charge in [-0.2, -0.15) is 8.78 Å². The van der Waals surface area contributed by atoms with Crippen molar-refractivity contribution in [2.24, 2.45) is 0 Å². The zero-order valence-electron chi connectivity index (χ0n) is 19.8. The van der Waals surface area contributed by atoms with Gasteiger partial charge in [-0.25, -0.2) is 17.4 Å². The largest absolute Gasteiger partial charge is 0.497 e. The van der Waals surface area contributed by atoms with E-state index in [1.54, 1.807) is 6.07 Å². The lowest BCUT2D eigenvalue weighted by Gasteiger charge is -2.13. The molecule has 2 aromatic carbocycles. The minimum atomic E-state index is -4.40. The predicted octanol–water partition coefficient (Wildman–Crippen LogP) is 3.60. The van der Waals surface area contributed by atoms with E-state index < -0.39 is 27.4 Å². The summed E-state index contributed by atoms with van der Waals surface area (Å²) in [6.45, 7) is -3.13. The highest BCUT2D eigenvalue weighted by atomic mass is 32.2. The van der Waals surface area contributed by atoms with Crippen LogP contribution in [0.15, 0.2) is 64.8 Å². The maximum Gasteiger partial charge on any atom is 0.387 e. The van der Waals surface area contributed by atoms with Crippen LogP contribution in [-0.4, -0.2) is 54.5 Å². The smallest absolute Gasteiger partial charge is 0.387 e. The fraction of sp³-hybridized carbons (Fsp3) is 0.217. The number of alkyl halides is 2. The molecule has 4 rings (SSSR count). The Morgan fingerprint density at radius 1 is 0.973 bits per heavy atom. The fourth-order valence-electron chi connectivity index (χ4n) is 3.56. The first-order valence-corrected chi connectivity index (χ1v) is 13.3. The molecule has 4 aromatic rings. The van der Waals surface area contributed by atoms with Crippen LogP contribution in [0.3, 0.4) is 0 Å². The Bertz CT molecular complexity index is 1560. The summed E-state index contributed by atoms with van der Waals surface area (Å²) in [6.07, 6.45) is 1.43. The van der Waals surface area contributed by atoms with Gasteiger partial charge in [-0.05, 0) is 36.4 Å². The van der Waals surface area contributed by atoms with E-state index in [1.165, 1.54) is 63.9 Å². The number of hydrogen-bond acceptors (Lipinski definition) is 9. The number of imidazole rings is 1. The number of nitrogens with zero attached hydrogens (tertiary/aromatic N) is 3. The van der Waals surface area contributed by atoms with Gasteiger partial charge in [0.15, 0.2) is 11.5 Å². The number of hydrogen-bond donors (Lipinski definition) is 0. The van der Waals surface area contributed by atoms with Crippen molar-refractivity contribution in [1.29, 1.82) is 0 Å². The van der Waals surface area contributed by atoms with Gasteiger partial charge in [0.05, 0.1) is 59.5 Å². The Morgan fingerprint density at radius 2 is 1.68 bits per heavy atom. The summed E-state index contributed by atoms with van der Waals surface area (Å²) >= 11 is 0. The summed E-state index contributed by atoms with van der Waals surface area (Å²) in [6, 6.07) is 10.7. The van der Waals surface area contributed by atoms with E-state index in [0.717, 1.165) is 10.0 Å². The molecule has 0 aliphatic carbocycles. The fourth-order valence-corrected chi connectivity index (χ4v) is 6.51. The molecular formula is C23H21F2N3O7S2. The van der Waals surface area contributed by atoms with Gasteiger partial charge in [-0.1, -0.05) is 0 Å². The van der Waals surface area contributed by atoms with Crippen LogP contribution in [0.5, 0.6) is 23.0 Å². The third-order valence-electron chi connectivity index (χ3n) is 5.22. The van der Waals surface area contributed by atoms with Crippen LogP contribution in [0.2, 0.25) is 0 Å². The molecule has 2 heterocycles. The summed E-state index contributed by atoms with van der Waals surface area (Å²) in [5, 5.41) is -0.341. The average Bonchev–Trinajstić information content (AvgIpc) is 3.28. The van der Waals surface area contributed by atoms with Gasteiger partial charge < -0.3 is 18.9 Å². The SMILES string of the molecule is COc1ccc(S(=O)(=O)n2c(S(=O)Cc3nccc(OC)c3OC)nc3ccc(OC(F)F)cc32)cc1. The zero-order valence-corrected chi connectivity index (χ0v) is 21.4. The second-order valence-electron chi connectivity index (χ2n) is 7.35. The molecule has 1 unspecified atom stereocenters. The molecule has 2 aromatic heterocycles. The van der Waals surface area contributed by atoms with Gasteiger partial charge in [0.25, 0.3) is 10.0 Å². The van der Waals surface area contributed by atoms with E-state index in [1.807, 2.05) is 0 Å². The second kappa shape index (κ2) is 10.7. The van der Waals surface area contributed by atoms with Crippen LogP contribution in [0, 0.1) is 0 Å². The maximum absolute atomic E-state index is 13.7. The third kappa shape index (κ3) is 5.20. The molecule has 10 nitrogen and oxygen atoms in total. The summed E-state index contributed by atoms with van der Waals surface area (Å²) in [7, 11) is -2.24. The number of ether oxygens (including phenoxy) is 4. The molecule has 0 bridgehead atoms. The molecule has 0 spiro atoms. The molecule has 196 valence electrons. The molecule has 0 aliphatic heterocycles. The van der Waals surface area contributed by atoms with Crippen molar-refractivity contribution in [1.82, 2.24) is 13.9 Å². The molecule has 14 heteroatoms. The maximum atomic E-state index is 13.7. The lowest BCUT2D eigenvalue weighted by molar-refractivity contribution is -0.0497. The number of benzene rings is 2. The highest BCUT2D eigenvalue weighted by Gasteiger charge is 2.29. The summed E-state index contributed by atoms with van der Waals surface area (Å²) in [5.41, 5.74) is 0.248. The van der Waals surface area contributed by atoms with Gasteiger partial charge in [-0.15, -0.1) is 0 Å². The van der Waals surface area contributed by atoms with Crippen molar-refractivity contribution in [3.05, 3.63) is 60.4 Å². The van der Waals surface area contributed by atoms with E-state index in [9.17, 15) is 21.4 Å². The van der Waals surface area contributed by atoms with Crippen molar-refractivity contribution in [3.8, 4) is 23.0 Å². The molecule has 0 aliphatic rings. The number of methoxy groups -OCH3 is 3. The van der Waals surface area contributed by atoms with Crippen molar-refractivity contribution >= 4 is 31.9 Å². The minimum absolute atomic E-state index is 0.0946. The number of fused-ring (bicyclic) bond motifs is 1. The first-order chi connectivity index (χ1) is 17.7. The van der Waals surface area contributed by atoms with Crippen LogP contribution in [0.4, 0.5) is 8.78 Å². The van der Waals surface area contributed by atoms with Crippen molar-refractivity contribution in [2.75, 3.05) is 21.3 Å². The highest BCUT2D eigenvalue weighted by molar-refractivity contribution is 7.91. The third-order valence-corrected chi connectivity index (χ3v) is 8.27. The molecule has 0 N–H and O–H groups in total. The van der Waals surface area contributed by atoms with Crippen molar-refractivity contribution in [3.63, 3.8) is 0 Å². The minimum Gasteiger partial charge on any atom is -0.497 e. The van der Waals surface area contributed by atoms with E-state index in [-0.39, 0.29) is 44.0 Å². The van der Waals surface area contributed by atoms with Crippen molar-refractivity contribution < 1.29 is 40.4 Å². The standard InChI is InChI=1S/C23H21F2N3O7S2/c1-32-14-4-7-16(8-5-14)37(30,31)28-19-12-15(35-22(24)25)6-9-17(19)27-23(28)36(29)13-18-21(34-3)20(33-2)10-11-26-18/h4-12,22H,13H2,1-3H3. The average molecular weight is 554 g/mol. The number of pyridine rings is 1. The first-order valence-electron chi connectivity index (χ1n) is 10.5. The van der Waals surface area contributed by atoms with E-state index >= 15 is 0 Å². The molecule has 0 amide bonds. The summed E-state index contributed by atoms with van der Waals surface area (Å²) in [4.78, 5) is 8.30. The molecule has 1 atom stereocenters. The van der Waals surface area contributed by atoms with Gasteiger partial charge >= 0.3 is 6.61 Å². The molecular weight excluding hydrogens is 532 g/mol. The Hall–Kier alpha value is -3.78. The topological polar surface area (TPSA) is 119 Å². The Morgan fingerprint density at radius 3 is 2.30 bits per heavy atom. The lowest BCUT2D eigenvalue weighted by atomic mass is 10.3. The van der Waals surface area contributed by atoms with E-state index in [2.05, 4.69) is 14.7 Å². The molecule has 37 heavy (non-hydrogen) atoms. The molecule has 0 saturated carbocycles. The van der Waals surface area contributed by atoms with Crippen LogP contribution in [-0.2, 0) is 26.6 Å². The normalized spacial score (nSPS) is 12.5. The summed E-state index contributed by atoms with van der Waals surface area (Å²) in [5.74, 6) is 0.427. The number of aromatic nitrogens is 3. The Labute approximate surface area is 213 Å². The lowest BCUT2D eigenvalue weighted by Crippen LogP contribution is -2.18. The monoisotopic (exact) mass is 553 g/mol. The van der Waals surface area contributed by atoms with Crippen LogP contribution < -0.4 is 18.9 Å². The van der Waals surface area contributed by atoms with Gasteiger partial charge in [-0.3, -0.25) is 9.19 Å². The molecule has 0 radical (unpaired) electrons. The number of rotatable bonds is 10. The predicted molar refractivity (Wildman–Crippen MR) is 129 cm³/mol. The zero-order chi connectivity index (χ0) is 26.7. The Kier molecular flexibility index (Phi) is 7.59. The quantitative estimate of drug-likeness (QED) is 0.290. The molecule has 0 fully saturated rings. The highest BCUT2D eigenvalue weighted by Crippen LogP contribution is 2.33. The first kappa shape index (κ1) is 26.3. The van der Waals surface area contributed by atoms with Gasteiger partial charge in [0.2, 0.25) is 5.16 Å². The van der Waals surface area contributed by atoms with Gasteiger partial charge in [0, 0.05) is 18.3 Å². The van der Waals surface area contributed by atoms with E-state index in [4.69, 9.17) is 14.2 Å². The van der Waals surface area contributed by atoms with Crippen LogP contribution >= 0.6 is 0 Å².